The summed E-state index contributed by atoms with van der Waals surface area (Å²) >= 11 is 3.45. The number of nitrogens with two attached hydrogens (primary N) is 1. The Morgan fingerprint density at radius 3 is 2.19 bits per heavy atom. The van der Waals surface area contributed by atoms with Gasteiger partial charge in [0.1, 0.15) is 5.75 Å². The minimum atomic E-state index is -5.08. The number of amides is 2. The molecule has 0 heterocycles. The van der Waals surface area contributed by atoms with Gasteiger partial charge in [0.05, 0.1) is 0 Å². The van der Waals surface area contributed by atoms with Crippen molar-refractivity contribution in [3.8, 4) is 16.9 Å². The third-order valence-electron chi connectivity index (χ3n) is 8.98. The molecule has 1 aliphatic rings. The van der Waals surface area contributed by atoms with Gasteiger partial charge in [-0.05, 0) is 120 Å². The number of carbonyl (C=O) groups is 3. The lowest BCUT2D eigenvalue weighted by atomic mass is 9.81. The summed E-state index contributed by atoms with van der Waals surface area (Å²) in [6, 6.07) is 30.8. The lowest BCUT2D eigenvalue weighted by Gasteiger charge is -2.28. The standard InChI is InChI=1S/C39H42BrN3O3.C2HF3O2/c40-36-15-10-28(11-16-36)14-19-38(45)43(21-20-29-12-17-37(44)18-13-29)27-32-6-2-7-33(23-32)34-8-3-9-35(24-34)39(46)42-26-31-5-1-4-30(22-31)25-41;3-2(4,5)1(6)7/h2-3,6-19,23-24,30-31,44H,1,4-5,20-22,25-27,41H2,(H,42,46);(H,6,7). The van der Waals surface area contributed by atoms with Crippen LogP contribution in [0.4, 0.5) is 13.2 Å². The molecule has 8 nitrogen and oxygen atoms in total. The first kappa shape index (κ1) is 40.8. The first-order valence-electron chi connectivity index (χ1n) is 17.3. The molecule has 4 aromatic carbocycles. The van der Waals surface area contributed by atoms with E-state index in [9.17, 15) is 27.9 Å². The zero-order chi connectivity index (χ0) is 38.4. The minimum Gasteiger partial charge on any atom is -0.508 e. The van der Waals surface area contributed by atoms with Gasteiger partial charge in [-0.25, -0.2) is 4.79 Å². The fourth-order valence-electron chi connectivity index (χ4n) is 6.09. The number of carboxylic acid groups (broad SMARTS) is 1. The van der Waals surface area contributed by atoms with E-state index < -0.39 is 12.1 Å². The molecule has 0 spiro atoms. The SMILES string of the molecule is NCC1CCCC(CNC(=O)c2cccc(-c3cccc(CN(CCc4ccc(O)cc4)C(=O)C=Cc4ccc(Br)cc4)c3)c2)C1.O=C(O)C(F)(F)F. The van der Waals surface area contributed by atoms with Crippen LogP contribution in [0, 0.1) is 11.8 Å². The topological polar surface area (TPSA) is 133 Å². The summed E-state index contributed by atoms with van der Waals surface area (Å²) in [7, 11) is 0. The molecule has 2 unspecified atom stereocenters. The predicted molar refractivity (Wildman–Crippen MR) is 203 cm³/mol. The maximum Gasteiger partial charge on any atom is 0.490 e. The number of nitrogens with one attached hydrogen (secondary N) is 1. The van der Waals surface area contributed by atoms with Gasteiger partial charge in [-0.3, -0.25) is 9.59 Å². The number of nitrogens with zero attached hydrogens (tertiary/aromatic N) is 1. The molecule has 1 saturated carbocycles. The first-order valence-corrected chi connectivity index (χ1v) is 18.1. The molecule has 0 saturated heterocycles. The molecule has 5 rings (SSSR count). The Morgan fingerprint density at radius 2 is 1.53 bits per heavy atom. The molecule has 5 N–H and O–H groups in total. The van der Waals surface area contributed by atoms with Crippen molar-refractivity contribution in [1.29, 1.82) is 0 Å². The first-order chi connectivity index (χ1) is 25.3. The third kappa shape index (κ3) is 13.5. The Kier molecular flexibility index (Phi) is 15.2. The molecule has 53 heavy (non-hydrogen) atoms. The molecular formula is C41H43BrF3N3O5. The van der Waals surface area contributed by atoms with Gasteiger partial charge in [-0.2, -0.15) is 13.2 Å². The molecular weight excluding hydrogens is 751 g/mol. The van der Waals surface area contributed by atoms with Crippen LogP contribution in [-0.2, 0) is 22.6 Å². The Hall–Kier alpha value is -4.94. The number of carboxylic acids is 1. The molecule has 4 aromatic rings. The lowest BCUT2D eigenvalue weighted by molar-refractivity contribution is -0.192. The van der Waals surface area contributed by atoms with Gasteiger partial charge in [-0.1, -0.05) is 76.9 Å². The van der Waals surface area contributed by atoms with Crippen molar-refractivity contribution in [2.24, 2.45) is 17.6 Å². The summed E-state index contributed by atoms with van der Waals surface area (Å²) in [5, 5.41) is 20.0. The van der Waals surface area contributed by atoms with Gasteiger partial charge >= 0.3 is 12.1 Å². The number of aromatic hydroxyl groups is 1. The summed E-state index contributed by atoms with van der Waals surface area (Å²) in [5.74, 6) is -1.63. The second-order valence-electron chi connectivity index (χ2n) is 13.0. The van der Waals surface area contributed by atoms with E-state index in [1.54, 1.807) is 18.2 Å². The van der Waals surface area contributed by atoms with Gasteiger partial charge < -0.3 is 26.2 Å². The summed E-state index contributed by atoms with van der Waals surface area (Å²) in [4.78, 5) is 37.3. The second kappa shape index (κ2) is 19.8. The molecule has 280 valence electrons. The number of aliphatic carboxylic acids is 1. The van der Waals surface area contributed by atoms with Gasteiger partial charge in [-0.15, -0.1) is 0 Å². The van der Waals surface area contributed by atoms with Crippen molar-refractivity contribution < 1.29 is 37.8 Å². The van der Waals surface area contributed by atoms with E-state index in [0.29, 0.717) is 43.5 Å². The fourth-order valence-corrected chi connectivity index (χ4v) is 6.36. The van der Waals surface area contributed by atoms with Crippen LogP contribution in [0.2, 0.25) is 0 Å². The number of hydrogen-bond acceptors (Lipinski definition) is 5. The smallest absolute Gasteiger partial charge is 0.490 e. The van der Waals surface area contributed by atoms with Crippen LogP contribution >= 0.6 is 15.9 Å². The average molecular weight is 795 g/mol. The molecule has 0 radical (unpaired) electrons. The van der Waals surface area contributed by atoms with Gasteiger partial charge in [0.25, 0.3) is 5.91 Å². The third-order valence-corrected chi connectivity index (χ3v) is 9.51. The van der Waals surface area contributed by atoms with Crippen LogP contribution in [0.25, 0.3) is 17.2 Å². The molecule has 0 aromatic heterocycles. The zero-order valence-corrected chi connectivity index (χ0v) is 30.7. The Morgan fingerprint density at radius 1 is 0.887 bits per heavy atom. The quantitative estimate of drug-likeness (QED) is 0.107. The van der Waals surface area contributed by atoms with Gasteiger partial charge in [0, 0.05) is 35.7 Å². The number of halogens is 4. The highest BCUT2D eigenvalue weighted by Gasteiger charge is 2.38. The number of rotatable bonds is 12. The fraction of sp³-hybridized carbons (Fsp3) is 0.293. The minimum absolute atomic E-state index is 0.0589. The van der Waals surface area contributed by atoms with Crippen molar-refractivity contribution in [1.82, 2.24) is 10.2 Å². The van der Waals surface area contributed by atoms with Crippen LogP contribution in [0.1, 0.15) is 52.7 Å². The summed E-state index contributed by atoms with van der Waals surface area (Å²) in [6.45, 7) is 2.35. The van der Waals surface area contributed by atoms with Gasteiger partial charge in [0.2, 0.25) is 5.91 Å². The van der Waals surface area contributed by atoms with E-state index in [2.05, 4.69) is 27.3 Å². The van der Waals surface area contributed by atoms with Crippen molar-refractivity contribution in [3.63, 3.8) is 0 Å². The number of alkyl halides is 3. The van der Waals surface area contributed by atoms with Crippen molar-refractivity contribution in [3.05, 3.63) is 130 Å². The van der Waals surface area contributed by atoms with Crippen molar-refractivity contribution >= 4 is 39.8 Å². The Balaban J connectivity index is 0.000000815. The molecule has 0 aliphatic heterocycles. The molecule has 1 fully saturated rings. The number of hydrogen-bond donors (Lipinski definition) is 4. The Bertz CT molecular complexity index is 1850. The van der Waals surface area contributed by atoms with Crippen LogP contribution in [0.15, 0.2) is 108 Å². The van der Waals surface area contributed by atoms with Gasteiger partial charge in [0.15, 0.2) is 0 Å². The normalized spacial score (nSPS) is 15.6. The Labute approximate surface area is 315 Å². The highest BCUT2D eigenvalue weighted by molar-refractivity contribution is 9.10. The monoisotopic (exact) mass is 793 g/mol. The lowest BCUT2D eigenvalue weighted by Crippen LogP contribution is -2.33. The number of phenols is 1. The summed E-state index contributed by atoms with van der Waals surface area (Å²) in [5.41, 5.74) is 11.5. The van der Waals surface area contributed by atoms with E-state index in [1.165, 1.54) is 12.8 Å². The predicted octanol–water partition coefficient (Wildman–Crippen LogP) is 8.23. The largest absolute Gasteiger partial charge is 0.508 e. The summed E-state index contributed by atoms with van der Waals surface area (Å²) in [6.07, 6.45) is 3.61. The van der Waals surface area contributed by atoms with E-state index >= 15 is 0 Å². The summed E-state index contributed by atoms with van der Waals surface area (Å²) < 4.78 is 32.7. The van der Waals surface area contributed by atoms with Crippen LogP contribution in [-0.4, -0.2) is 58.7 Å². The molecule has 1 aliphatic carbocycles. The molecule has 0 bridgehead atoms. The van der Waals surface area contributed by atoms with Crippen LogP contribution in [0.5, 0.6) is 5.75 Å². The average Bonchev–Trinajstić information content (AvgIpc) is 3.16. The van der Waals surface area contributed by atoms with Crippen molar-refractivity contribution in [2.45, 2.75) is 44.8 Å². The molecule has 2 atom stereocenters. The van der Waals surface area contributed by atoms with E-state index in [-0.39, 0.29) is 17.6 Å². The number of benzene rings is 4. The van der Waals surface area contributed by atoms with E-state index in [1.807, 2.05) is 89.8 Å². The maximum absolute atomic E-state index is 13.5. The molecule has 12 heteroatoms. The van der Waals surface area contributed by atoms with E-state index in [4.69, 9.17) is 15.6 Å². The highest BCUT2D eigenvalue weighted by Crippen LogP contribution is 2.28. The van der Waals surface area contributed by atoms with Crippen LogP contribution in [0.3, 0.4) is 0 Å². The van der Waals surface area contributed by atoms with E-state index in [0.717, 1.165) is 51.7 Å². The van der Waals surface area contributed by atoms with Crippen LogP contribution < -0.4 is 11.1 Å². The maximum atomic E-state index is 13.5. The number of phenolic OH excluding ortho intramolecular Hbond substituents is 1. The number of carbonyl (C=O) groups excluding carboxylic acids is 2. The highest BCUT2D eigenvalue weighted by atomic mass is 79.9. The molecule has 2 amide bonds. The zero-order valence-electron chi connectivity index (χ0n) is 29.1. The second-order valence-corrected chi connectivity index (χ2v) is 13.9. The van der Waals surface area contributed by atoms with Crippen molar-refractivity contribution in [2.75, 3.05) is 19.6 Å².